The second-order valence-electron chi connectivity index (χ2n) is 2.72. The van der Waals surface area contributed by atoms with E-state index >= 15 is 0 Å². The Morgan fingerprint density at radius 1 is 1.62 bits per heavy atom. The minimum absolute atomic E-state index is 0.0814. The van der Waals surface area contributed by atoms with Crippen molar-refractivity contribution in [2.24, 2.45) is 5.73 Å². The minimum Gasteiger partial charge on any atom is -0.326 e. The zero-order chi connectivity index (χ0) is 10.0. The molecule has 0 spiro atoms. The number of benzene rings is 1. The van der Waals surface area contributed by atoms with Gasteiger partial charge in [0.15, 0.2) is 0 Å². The fourth-order valence-electron chi connectivity index (χ4n) is 1.10. The summed E-state index contributed by atoms with van der Waals surface area (Å²) in [6.07, 6.45) is 0. The first-order valence-electron chi connectivity index (χ1n) is 3.69. The number of nitrogens with two attached hydrogens (primary N) is 1. The van der Waals surface area contributed by atoms with E-state index in [1.54, 1.807) is 13.0 Å². The molecule has 1 aromatic carbocycles. The number of nitro benzene ring substituents is 1. The highest BCUT2D eigenvalue weighted by molar-refractivity contribution is 6.33. The monoisotopic (exact) mass is 200 g/mol. The molecule has 0 radical (unpaired) electrons. The summed E-state index contributed by atoms with van der Waals surface area (Å²) >= 11 is 5.75. The lowest BCUT2D eigenvalue weighted by Gasteiger charge is -2.03. The van der Waals surface area contributed by atoms with Gasteiger partial charge in [-0.3, -0.25) is 10.1 Å². The van der Waals surface area contributed by atoms with E-state index in [-0.39, 0.29) is 17.3 Å². The standard InChI is InChI=1S/C8H9ClN2O2/c1-5-2-6(4-10)8(9)7(3-5)11(12)13/h2-3H,4,10H2,1H3. The molecule has 1 aromatic rings. The molecule has 0 amide bonds. The van der Waals surface area contributed by atoms with Crippen LogP contribution in [0.25, 0.3) is 0 Å². The number of aryl methyl sites for hydroxylation is 1. The van der Waals surface area contributed by atoms with E-state index in [0.29, 0.717) is 5.56 Å². The zero-order valence-corrected chi connectivity index (χ0v) is 7.84. The van der Waals surface area contributed by atoms with E-state index in [1.807, 2.05) is 0 Å². The smallest absolute Gasteiger partial charge is 0.288 e. The summed E-state index contributed by atoms with van der Waals surface area (Å²) in [6.45, 7) is 1.98. The van der Waals surface area contributed by atoms with Crippen molar-refractivity contribution in [3.05, 3.63) is 38.4 Å². The van der Waals surface area contributed by atoms with Crippen molar-refractivity contribution in [1.29, 1.82) is 0 Å². The lowest BCUT2D eigenvalue weighted by atomic mass is 10.1. The third-order valence-electron chi connectivity index (χ3n) is 1.69. The maximum absolute atomic E-state index is 10.5. The van der Waals surface area contributed by atoms with Gasteiger partial charge in [0.05, 0.1) is 4.92 Å². The molecule has 0 saturated heterocycles. The largest absolute Gasteiger partial charge is 0.326 e. The lowest BCUT2D eigenvalue weighted by Crippen LogP contribution is -2.00. The van der Waals surface area contributed by atoms with Crippen molar-refractivity contribution in [2.45, 2.75) is 13.5 Å². The number of rotatable bonds is 2. The fourth-order valence-corrected chi connectivity index (χ4v) is 1.36. The second-order valence-corrected chi connectivity index (χ2v) is 3.10. The van der Waals surface area contributed by atoms with Crippen LogP contribution in [0.1, 0.15) is 11.1 Å². The van der Waals surface area contributed by atoms with Crippen molar-refractivity contribution in [3.63, 3.8) is 0 Å². The van der Waals surface area contributed by atoms with Crippen LogP contribution in [0.15, 0.2) is 12.1 Å². The summed E-state index contributed by atoms with van der Waals surface area (Å²) in [7, 11) is 0. The fraction of sp³-hybridized carbons (Fsp3) is 0.250. The number of hydrogen-bond donors (Lipinski definition) is 1. The summed E-state index contributed by atoms with van der Waals surface area (Å²) in [6, 6.07) is 3.18. The van der Waals surface area contributed by atoms with E-state index in [1.165, 1.54) is 6.07 Å². The SMILES string of the molecule is Cc1cc(CN)c(Cl)c([N+](=O)[O-])c1. The Labute approximate surface area is 80.5 Å². The van der Waals surface area contributed by atoms with Gasteiger partial charge >= 0.3 is 0 Å². The van der Waals surface area contributed by atoms with Crippen molar-refractivity contribution in [2.75, 3.05) is 0 Å². The molecule has 2 N–H and O–H groups in total. The molecule has 0 aliphatic rings. The normalized spacial score (nSPS) is 10.1. The lowest BCUT2D eigenvalue weighted by molar-refractivity contribution is -0.384. The van der Waals surface area contributed by atoms with Gasteiger partial charge in [0.2, 0.25) is 0 Å². The summed E-state index contributed by atoms with van der Waals surface area (Å²) in [5, 5.41) is 10.7. The van der Waals surface area contributed by atoms with E-state index in [4.69, 9.17) is 17.3 Å². The van der Waals surface area contributed by atoms with Gasteiger partial charge in [0.1, 0.15) is 5.02 Å². The number of halogens is 1. The van der Waals surface area contributed by atoms with Crippen LogP contribution in [0.4, 0.5) is 5.69 Å². The van der Waals surface area contributed by atoms with Crippen LogP contribution in [0.2, 0.25) is 5.02 Å². The Bertz CT molecular complexity index is 352. The van der Waals surface area contributed by atoms with Crippen LogP contribution in [0.3, 0.4) is 0 Å². The Balaban J connectivity index is 3.35. The highest BCUT2D eigenvalue weighted by Crippen LogP contribution is 2.29. The van der Waals surface area contributed by atoms with Gasteiger partial charge in [-0.15, -0.1) is 0 Å². The molecule has 0 aliphatic carbocycles. The maximum Gasteiger partial charge on any atom is 0.288 e. The third-order valence-corrected chi connectivity index (χ3v) is 2.13. The summed E-state index contributed by atoms with van der Waals surface area (Å²) < 4.78 is 0. The molecule has 0 aliphatic heterocycles. The highest BCUT2D eigenvalue weighted by atomic mass is 35.5. The number of hydrogen-bond acceptors (Lipinski definition) is 3. The van der Waals surface area contributed by atoms with Crippen LogP contribution in [0.5, 0.6) is 0 Å². The van der Waals surface area contributed by atoms with Crippen LogP contribution >= 0.6 is 11.6 Å². The molecule has 5 heteroatoms. The Morgan fingerprint density at radius 3 is 2.69 bits per heavy atom. The Hall–Kier alpha value is -1.13. The van der Waals surface area contributed by atoms with Crippen LogP contribution in [0, 0.1) is 17.0 Å². The molecule has 0 bridgehead atoms. The van der Waals surface area contributed by atoms with Crippen molar-refractivity contribution in [3.8, 4) is 0 Å². The summed E-state index contributed by atoms with van der Waals surface area (Å²) in [5.74, 6) is 0. The molecule has 0 heterocycles. The van der Waals surface area contributed by atoms with Gasteiger partial charge in [-0.2, -0.15) is 0 Å². The van der Waals surface area contributed by atoms with Crippen LogP contribution in [-0.2, 0) is 6.54 Å². The molecular formula is C8H9ClN2O2. The first kappa shape index (κ1) is 9.95. The average molecular weight is 201 g/mol. The number of nitrogens with zero attached hydrogens (tertiary/aromatic N) is 1. The quantitative estimate of drug-likeness (QED) is 0.587. The van der Waals surface area contributed by atoms with E-state index in [9.17, 15) is 10.1 Å². The van der Waals surface area contributed by atoms with Crippen molar-refractivity contribution in [1.82, 2.24) is 0 Å². The van der Waals surface area contributed by atoms with Gasteiger partial charge in [0, 0.05) is 12.6 Å². The Morgan fingerprint density at radius 2 is 2.23 bits per heavy atom. The summed E-state index contributed by atoms with van der Waals surface area (Å²) in [5.41, 5.74) is 6.69. The van der Waals surface area contributed by atoms with Crippen LogP contribution < -0.4 is 5.73 Å². The molecule has 0 aromatic heterocycles. The summed E-state index contributed by atoms with van der Waals surface area (Å²) in [4.78, 5) is 10.0. The first-order valence-corrected chi connectivity index (χ1v) is 4.07. The van der Waals surface area contributed by atoms with E-state index in [2.05, 4.69) is 0 Å². The molecule has 13 heavy (non-hydrogen) atoms. The van der Waals surface area contributed by atoms with Crippen molar-refractivity contribution >= 4 is 17.3 Å². The van der Waals surface area contributed by atoms with Crippen molar-refractivity contribution < 1.29 is 4.92 Å². The molecular weight excluding hydrogens is 192 g/mol. The first-order chi connectivity index (χ1) is 6.06. The highest BCUT2D eigenvalue weighted by Gasteiger charge is 2.15. The second kappa shape index (κ2) is 3.72. The van der Waals surface area contributed by atoms with Crippen LogP contribution in [-0.4, -0.2) is 4.92 Å². The molecule has 0 atom stereocenters. The number of nitro groups is 1. The average Bonchev–Trinajstić information content (AvgIpc) is 2.08. The van der Waals surface area contributed by atoms with Gasteiger partial charge in [0.25, 0.3) is 5.69 Å². The Kier molecular flexibility index (Phi) is 2.85. The molecule has 0 saturated carbocycles. The maximum atomic E-state index is 10.5. The van der Waals surface area contributed by atoms with Gasteiger partial charge in [-0.25, -0.2) is 0 Å². The van der Waals surface area contributed by atoms with E-state index < -0.39 is 4.92 Å². The topological polar surface area (TPSA) is 69.2 Å². The minimum atomic E-state index is -0.505. The van der Waals surface area contributed by atoms with Gasteiger partial charge < -0.3 is 5.73 Å². The molecule has 0 unspecified atom stereocenters. The third kappa shape index (κ3) is 1.96. The molecule has 4 nitrogen and oxygen atoms in total. The molecule has 70 valence electrons. The van der Waals surface area contributed by atoms with E-state index in [0.717, 1.165) is 5.56 Å². The molecule has 0 fully saturated rings. The van der Waals surface area contributed by atoms with Gasteiger partial charge in [-0.1, -0.05) is 17.7 Å². The molecule has 1 rings (SSSR count). The zero-order valence-electron chi connectivity index (χ0n) is 7.08. The van der Waals surface area contributed by atoms with Gasteiger partial charge in [-0.05, 0) is 18.1 Å². The predicted octanol–water partition coefficient (Wildman–Crippen LogP) is 2.02. The predicted molar refractivity (Wildman–Crippen MR) is 50.7 cm³/mol.